The Morgan fingerprint density at radius 3 is 2.28 bits per heavy atom. The average molecular weight is 451 g/mol. The SMILES string of the molecule is C[C@H](CC[C@H](C)C(C)(C)O)[C@@H]1CC[C@@H]2[C@H]3C[C@@H](O)[C@@]4(O)C[C@@H](O)CC[C@]4(C)[C@@H]3CC[C@@]21C. The first kappa shape index (κ1) is 24.9. The minimum atomic E-state index is -1.14. The number of fused-ring (bicyclic) bond motifs is 5. The molecule has 0 unspecified atom stereocenters. The van der Waals surface area contributed by atoms with Crippen molar-refractivity contribution in [3.05, 3.63) is 0 Å². The number of aliphatic hydroxyl groups is 4. The molecular formula is C28H50O4. The van der Waals surface area contributed by atoms with Crippen molar-refractivity contribution in [1.29, 1.82) is 0 Å². The van der Waals surface area contributed by atoms with Crippen molar-refractivity contribution in [3.63, 3.8) is 0 Å². The fourth-order valence-electron chi connectivity index (χ4n) is 9.30. The van der Waals surface area contributed by atoms with E-state index in [0.29, 0.717) is 53.8 Å². The van der Waals surface area contributed by atoms with Crippen LogP contribution in [0.2, 0.25) is 0 Å². The van der Waals surface area contributed by atoms with Crippen molar-refractivity contribution in [2.75, 3.05) is 0 Å². The van der Waals surface area contributed by atoms with Crippen LogP contribution in [0.3, 0.4) is 0 Å². The third-order valence-corrected chi connectivity index (χ3v) is 11.9. The summed E-state index contributed by atoms with van der Waals surface area (Å²) in [6.07, 6.45) is 8.50. The zero-order valence-electron chi connectivity index (χ0n) is 21.5. The highest BCUT2D eigenvalue weighted by Crippen LogP contribution is 2.69. The summed E-state index contributed by atoms with van der Waals surface area (Å²) in [5.74, 6) is 3.22. The van der Waals surface area contributed by atoms with Gasteiger partial charge >= 0.3 is 0 Å². The van der Waals surface area contributed by atoms with Gasteiger partial charge in [-0.15, -0.1) is 0 Å². The number of rotatable bonds is 5. The predicted octanol–water partition coefficient (Wildman–Crippen LogP) is 4.92. The monoisotopic (exact) mass is 450 g/mol. The molecule has 186 valence electrons. The van der Waals surface area contributed by atoms with E-state index in [0.717, 1.165) is 25.7 Å². The Morgan fingerprint density at radius 1 is 0.938 bits per heavy atom. The topological polar surface area (TPSA) is 80.9 Å². The molecule has 0 bridgehead atoms. The van der Waals surface area contributed by atoms with Crippen LogP contribution in [0.4, 0.5) is 0 Å². The Kier molecular flexibility index (Phi) is 6.40. The van der Waals surface area contributed by atoms with E-state index >= 15 is 0 Å². The third-order valence-electron chi connectivity index (χ3n) is 11.9. The fourth-order valence-corrected chi connectivity index (χ4v) is 9.30. The Bertz CT molecular complexity index is 687. The molecule has 0 spiro atoms. The Labute approximate surface area is 196 Å². The van der Waals surface area contributed by atoms with Gasteiger partial charge < -0.3 is 20.4 Å². The second kappa shape index (κ2) is 8.21. The van der Waals surface area contributed by atoms with Gasteiger partial charge in [-0.25, -0.2) is 0 Å². The summed E-state index contributed by atoms with van der Waals surface area (Å²) in [7, 11) is 0. The first-order chi connectivity index (χ1) is 14.7. The number of hydrogen-bond acceptors (Lipinski definition) is 4. The standard InChI is InChI=1S/C28H50O4/c1-17(7-8-18(2)25(3,4)31)21-9-10-22-20-15-24(30)28(32)16-19(29)11-14-27(28,6)23(20)12-13-26(21,22)5/h17-24,29-32H,7-16H2,1-6H3/t17-,18+,19+,20-,21+,22-,23-,24-,26-,27-,28+/m1/s1. The maximum Gasteiger partial charge on any atom is 0.0985 e. The van der Waals surface area contributed by atoms with E-state index < -0.39 is 23.4 Å². The highest BCUT2D eigenvalue weighted by atomic mass is 16.3. The normalized spacial score (nSPS) is 50.8. The van der Waals surface area contributed by atoms with Crippen LogP contribution >= 0.6 is 0 Å². The van der Waals surface area contributed by atoms with Gasteiger partial charge in [0.15, 0.2) is 0 Å². The lowest BCUT2D eigenvalue weighted by Crippen LogP contribution is -2.68. The summed E-state index contributed by atoms with van der Waals surface area (Å²) >= 11 is 0. The molecule has 0 aliphatic heterocycles. The summed E-state index contributed by atoms with van der Waals surface area (Å²) in [6, 6.07) is 0. The molecule has 4 fully saturated rings. The molecule has 4 N–H and O–H groups in total. The van der Waals surface area contributed by atoms with Crippen LogP contribution in [0.25, 0.3) is 0 Å². The molecule has 4 heteroatoms. The summed E-state index contributed by atoms with van der Waals surface area (Å²) in [5.41, 5.74) is -1.73. The smallest absolute Gasteiger partial charge is 0.0985 e. The van der Waals surface area contributed by atoms with E-state index in [1.54, 1.807) is 0 Å². The maximum atomic E-state index is 11.6. The van der Waals surface area contributed by atoms with Gasteiger partial charge in [0.1, 0.15) is 0 Å². The van der Waals surface area contributed by atoms with Crippen LogP contribution in [0.5, 0.6) is 0 Å². The Morgan fingerprint density at radius 2 is 1.62 bits per heavy atom. The molecule has 4 aliphatic carbocycles. The molecule has 4 rings (SSSR count). The van der Waals surface area contributed by atoms with Crippen molar-refractivity contribution < 1.29 is 20.4 Å². The van der Waals surface area contributed by atoms with E-state index in [9.17, 15) is 20.4 Å². The first-order valence-corrected chi connectivity index (χ1v) is 13.5. The minimum absolute atomic E-state index is 0.290. The van der Waals surface area contributed by atoms with Crippen LogP contribution in [0, 0.1) is 46.3 Å². The molecular weight excluding hydrogens is 400 g/mol. The van der Waals surface area contributed by atoms with Crippen LogP contribution in [0.1, 0.15) is 106 Å². The van der Waals surface area contributed by atoms with Crippen molar-refractivity contribution >= 4 is 0 Å². The van der Waals surface area contributed by atoms with Gasteiger partial charge in [-0.05, 0) is 106 Å². The van der Waals surface area contributed by atoms with Gasteiger partial charge in [0.2, 0.25) is 0 Å². The molecule has 0 saturated heterocycles. The number of hydrogen-bond donors (Lipinski definition) is 4. The lowest BCUT2D eigenvalue weighted by molar-refractivity contribution is -0.264. The highest BCUT2D eigenvalue weighted by Gasteiger charge is 2.67. The summed E-state index contributed by atoms with van der Waals surface area (Å²) in [6.45, 7) is 13.2. The average Bonchev–Trinajstić information content (AvgIpc) is 3.05. The highest BCUT2D eigenvalue weighted by molar-refractivity contribution is 5.17. The molecule has 4 saturated carbocycles. The minimum Gasteiger partial charge on any atom is -0.393 e. The van der Waals surface area contributed by atoms with Crippen LogP contribution in [-0.2, 0) is 0 Å². The number of aliphatic hydroxyl groups excluding tert-OH is 2. The van der Waals surface area contributed by atoms with Gasteiger partial charge in [0.05, 0.1) is 23.4 Å². The van der Waals surface area contributed by atoms with Gasteiger partial charge in [-0.2, -0.15) is 0 Å². The molecule has 0 aromatic carbocycles. The first-order valence-electron chi connectivity index (χ1n) is 13.5. The van der Waals surface area contributed by atoms with Gasteiger partial charge in [-0.3, -0.25) is 0 Å². The van der Waals surface area contributed by atoms with Crippen molar-refractivity contribution in [3.8, 4) is 0 Å². The largest absolute Gasteiger partial charge is 0.393 e. The molecule has 0 heterocycles. The van der Waals surface area contributed by atoms with E-state index in [2.05, 4.69) is 27.7 Å². The van der Waals surface area contributed by atoms with Crippen molar-refractivity contribution in [2.45, 2.75) is 129 Å². The van der Waals surface area contributed by atoms with E-state index in [-0.39, 0.29) is 5.41 Å². The zero-order valence-corrected chi connectivity index (χ0v) is 21.5. The molecule has 0 radical (unpaired) electrons. The Balaban J connectivity index is 1.51. The van der Waals surface area contributed by atoms with E-state index in [4.69, 9.17) is 0 Å². The van der Waals surface area contributed by atoms with Gasteiger partial charge in [0.25, 0.3) is 0 Å². The molecule has 4 aliphatic rings. The fraction of sp³-hybridized carbons (Fsp3) is 1.00. The second-order valence-electron chi connectivity index (χ2n) is 13.7. The lowest BCUT2D eigenvalue weighted by atomic mass is 9.42. The van der Waals surface area contributed by atoms with Gasteiger partial charge in [-0.1, -0.05) is 34.1 Å². The summed E-state index contributed by atoms with van der Waals surface area (Å²) < 4.78 is 0. The maximum absolute atomic E-state index is 11.6. The molecule has 0 aromatic rings. The molecule has 0 aromatic heterocycles. The second-order valence-corrected chi connectivity index (χ2v) is 13.7. The molecule has 4 nitrogen and oxygen atoms in total. The quantitative estimate of drug-likeness (QED) is 0.479. The molecule has 32 heavy (non-hydrogen) atoms. The summed E-state index contributed by atoms with van der Waals surface area (Å²) in [5, 5.41) is 43.5. The molecule has 11 atom stereocenters. The van der Waals surface area contributed by atoms with Crippen LogP contribution in [-0.4, -0.2) is 43.8 Å². The molecule has 0 amide bonds. The van der Waals surface area contributed by atoms with Crippen molar-refractivity contribution in [2.24, 2.45) is 46.3 Å². The van der Waals surface area contributed by atoms with Crippen molar-refractivity contribution in [1.82, 2.24) is 0 Å². The van der Waals surface area contributed by atoms with E-state index in [1.807, 2.05) is 13.8 Å². The van der Waals surface area contributed by atoms with Crippen LogP contribution < -0.4 is 0 Å². The third kappa shape index (κ3) is 3.71. The van der Waals surface area contributed by atoms with E-state index in [1.165, 1.54) is 25.7 Å². The lowest BCUT2D eigenvalue weighted by Gasteiger charge is -2.65. The summed E-state index contributed by atoms with van der Waals surface area (Å²) in [4.78, 5) is 0. The van der Waals surface area contributed by atoms with Crippen LogP contribution in [0.15, 0.2) is 0 Å². The predicted molar refractivity (Wildman–Crippen MR) is 128 cm³/mol. The van der Waals surface area contributed by atoms with Gasteiger partial charge in [0, 0.05) is 11.8 Å². The Hall–Kier alpha value is -0.160. The zero-order chi connectivity index (χ0) is 23.7.